The number of unbranched alkanes of at least 4 members (excludes halogenated alkanes) is 2. The predicted octanol–water partition coefficient (Wildman–Crippen LogP) is 7.78. The molecule has 0 aromatic rings. The fourth-order valence-electron chi connectivity index (χ4n) is 4.08. The highest BCUT2D eigenvalue weighted by atomic mass is 14.2. The van der Waals surface area contributed by atoms with E-state index in [9.17, 15) is 0 Å². The largest absolute Gasteiger partial charge is 0.0885 e. The van der Waals surface area contributed by atoms with Crippen molar-refractivity contribution in [2.24, 2.45) is 23.7 Å². The zero-order valence-corrected chi connectivity index (χ0v) is 15.9. The number of rotatable bonds is 12. The van der Waals surface area contributed by atoms with Gasteiger partial charge in [-0.2, -0.15) is 0 Å². The van der Waals surface area contributed by atoms with Crippen LogP contribution in [-0.2, 0) is 0 Å². The summed E-state index contributed by atoms with van der Waals surface area (Å²) in [7, 11) is 0. The summed E-state index contributed by atoms with van der Waals surface area (Å²) in [5.41, 5.74) is 0. The Bertz CT molecular complexity index is 276. The Morgan fingerprint density at radius 2 is 1.73 bits per heavy atom. The molecule has 0 heteroatoms. The van der Waals surface area contributed by atoms with Crippen molar-refractivity contribution in [1.29, 1.82) is 0 Å². The molecule has 0 aromatic heterocycles. The van der Waals surface area contributed by atoms with Gasteiger partial charge in [0.15, 0.2) is 0 Å². The Labute approximate surface area is 141 Å². The van der Waals surface area contributed by atoms with E-state index < -0.39 is 0 Å². The molecule has 1 aliphatic rings. The minimum atomic E-state index is 0.873. The maximum Gasteiger partial charge on any atom is -0.0322 e. The van der Waals surface area contributed by atoms with Gasteiger partial charge < -0.3 is 0 Å². The second-order valence-corrected chi connectivity index (χ2v) is 8.26. The molecule has 22 heavy (non-hydrogen) atoms. The van der Waals surface area contributed by atoms with Gasteiger partial charge in [-0.15, -0.1) is 0 Å². The van der Waals surface area contributed by atoms with Crippen molar-refractivity contribution in [3.8, 4) is 0 Å². The summed E-state index contributed by atoms with van der Waals surface area (Å²) in [4.78, 5) is 0. The summed E-state index contributed by atoms with van der Waals surface area (Å²) >= 11 is 0. The van der Waals surface area contributed by atoms with Gasteiger partial charge in [0.05, 0.1) is 0 Å². The average Bonchev–Trinajstić information content (AvgIpc) is 2.51. The predicted molar refractivity (Wildman–Crippen MR) is 101 cm³/mol. The summed E-state index contributed by atoms with van der Waals surface area (Å²) in [6.45, 7) is 9.63. The molecule has 0 heterocycles. The SMILES string of the molecule is CCCC(C)CCC(CCCCCC1CC=CCC1)C(C)C. The minimum absolute atomic E-state index is 0.873. The lowest BCUT2D eigenvalue weighted by Gasteiger charge is -2.23. The minimum Gasteiger partial charge on any atom is -0.0885 e. The molecule has 0 radical (unpaired) electrons. The van der Waals surface area contributed by atoms with Gasteiger partial charge in [-0.3, -0.25) is 0 Å². The van der Waals surface area contributed by atoms with Crippen LogP contribution in [0.15, 0.2) is 12.2 Å². The van der Waals surface area contributed by atoms with E-state index in [1.54, 1.807) is 0 Å². The molecule has 0 fully saturated rings. The summed E-state index contributed by atoms with van der Waals surface area (Å²) < 4.78 is 0. The maximum absolute atomic E-state index is 2.44. The van der Waals surface area contributed by atoms with E-state index in [0.29, 0.717) is 0 Å². The lowest BCUT2D eigenvalue weighted by molar-refractivity contribution is 0.292. The lowest BCUT2D eigenvalue weighted by Crippen LogP contribution is -2.11. The van der Waals surface area contributed by atoms with Gasteiger partial charge in [0.2, 0.25) is 0 Å². The Kier molecular flexibility index (Phi) is 11.0. The Morgan fingerprint density at radius 1 is 0.909 bits per heavy atom. The molecule has 0 nitrogen and oxygen atoms in total. The van der Waals surface area contributed by atoms with Crippen molar-refractivity contribution in [2.75, 3.05) is 0 Å². The van der Waals surface area contributed by atoms with Crippen LogP contribution in [0.2, 0.25) is 0 Å². The molecule has 0 amide bonds. The normalized spacial score (nSPS) is 21.2. The molecule has 0 saturated heterocycles. The number of allylic oxidation sites excluding steroid dienone is 2. The van der Waals surface area contributed by atoms with Crippen LogP contribution in [-0.4, -0.2) is 0 Å². The van der Waals surface area contributed by atoms with Gasteiger partial charge >= 0.3 is 0 Å². The first-order valence-electron chi connectivity index (χ1n) is 10.3. The third kappa shape index (κ3) is 9.01. The lowest BCUT2D eigenvalue weighted by atomic mass is 9.83. The third-order valence-electron chi connectivity index (χ3n) is 5.82. The standard InChI is InChI=1S/C22H42/c1-5-12-20(4)17-18-22(19(2)3)16-11-7-10-15-21-13-8-6-9-14-21/h6,8,19-22H,5,7,9-18H2,1-4H3. The van der Waals surface area contributed by atoms with E-state index in [2.05, 4.69) is 39.8 Å². The van der Waals surface area contributed by atoms with Crippen LogP contribution in [0.5, 0.6) is 0 Å². The quantitative estimate of drug-likeness (QED) is 0.255. The molecule has 0 spiro atoms. The van der Waals surface area contributed by atoms with Gasteiger partial charge in [0, 0.05) is 0 Å². The van der Waals surface area contributed by atoms with E-state index in [4.69, 9.17) is 0 Å². The molecular weight excluding hydrogens is 264 g/mol. The molecule has 0 bridgehead atoms. The monoisotopic (exact) mass is 306 g/mol. The Morgan fingerprint density at radius 3 is 2.36 bits per heavy atom. The summed E-state index contributed by atoms with van der Waals surface area (Å²) in [6, 6.07) is 0. The van der Waals surface area contributed by atoms with Crippen LogP contribution in [0.1, 0.15) is 105 Å². The van der Waals surface area contributed by atoms with Gasteiger partial charge in [-0.1, -0.05) is 91.2 Å². The molecule has 1 aliphatic carbocycles. The molecule has 0 aromatic carbocycles. The van der Waals surface area contributed by atoms with Crippen molar-refractivity contribution in [1.82, 2.24) is 0 Å². The van der Waals surface area contributed by atoms with Crippen LogP contribution in [0.4, 0.5) is 0 Å². The fraction of sp³-hybridized carbons (Fsp3) is 0.909. The highest BCUT2D eigenvalue weighted by molar-refractivity contribution is 4.89. The Balaban J connectivity index is 2.09. The molecule has 0 N–H and O–H groups in total. The second-order valence-electron chi connectivity index (χ2n) is 8.26. The van der Waals surface area contributed by atoms with Crippen molar-refractivity contribution < 1.29 is 0 Å². The van der Waals surface area contributed by atoms with E-state index in [1.165, 1.54) is 77.0 Å². The third-order valence-corrected chi connectivity index (χ3v) is 5.82. The summed E-state index contributed by atoms with van der Waals surface area (Å²) in [5.74, 6) is 3.78. The van der Waals surface area contributed by atoms with E-state index in [-0.39, 0.29) is 0 Å². The Hall–Kier alpha value is -0.260. The summed E-state index contributed by atoms with van der Waals surface area (Å²) in [6.07, 6.45) is 21.9. The number of hydrogen-bond acceptors (Lipinski definition) is 0. The van der Waals surface area contributed by atoms with E-state index in [0.717, 1.165) is 23.7 Å². The molecule has 0 saturated carbocycles. The first-order valence-corrected chi connectivity index (χ1v) is 10.3. The van der Waals surface area contributed by atoms with Crippen molar-refractivity contribution in [3.05, 3.63) is 12.2 Å². The topological polar surface area (TPSA) is 0 Å². The van der Waals surface area contributed by atoms with Gasteiger partial charge in [-0.25, -0.2) is 0 Å². The van der Waals surface area contributed by atoms with Crippen LogP contribution in [0.25, 0.3) is 0 Å². The average molecular weight is 307 g/mol. The molecular formula is C22H42. The zero-order valence-electron chi connectivity index (χ0n) is 15.9. The molecule has 0 aliphatic heterocycles. The van der Waals surface area contributed by atoms with Gasteiger partial charge in [0.25, 0.3) is 0 Å². The maximum atomic E-state index is 2.44. The van der Waals surface area contributed by atoms with Gasteiger partial charge in [-0.05, 0) is 49.4 Å². The van der Waals surface area contributed by atoms with Crippen molar-refractivity contribution in [2.45, 2.75) is 105 Å². The van der Waals surface area contributed by atoms with Crippen molar-refractivity contribution in [3.63, 3.8) is 0 Å². The fourth-order valence-corrected chi connectivity index (χ4v) is 4.08. The van der Waals surface area contributed by atoms with E-state index >= 15 is 0 Å². The zero-order chi connectivity index (χ0) is 16.2. The van der Waals surface area contributed by atoms with Crippen LogP contribution >= 0.6 is 0 Å². The first-order chi connectivity index (χ1) is 10.6. The first kappa shape index (κ1) is 19.8. The highest BCUT2D eigenvalue weighted by Gasteiger charge is 2.15. The highest BCUT2D eigenvalue weighted by Crippen LogP contribution is 2.28. The van der Waals surface area contributed by atoms with Crippen LogP contribution < -0.4 is 0 Å². The van der Waals surface area contributed by atoms with E-state index in [1.807, 2.05) is 0 Å². The second kappa shape index (κ2) is 12.2. The summed E-state index contributed by atoms with van der Waals surface area (Å²) in [5, 5.41) is 0. The smallest absolute Gasteiger partial charge is 0.0322 e. The number of hydrogen-bond donors (Lipinski definition) is 0. The van der Waals surface area contributed by atoms with Crippen LogP contribution in [0, 0.1) is 23.7 Å². The van der Waals surface area contributed by atoms with Crippen molar-refractivity contribution >= 4 is 0 Å². The van der Waals surface area contributed by atoms with Gasteiger partial charge in [0.1, 0.15) is 0 Å². The molecule has 3 unspecified atom stereocenters. The molecule has 3 atom stereocenters. The molecule has 130 valence electrons. The molecule has 1 rings (SSSR count). The van der Waals surface area contributed by atoms with Crippen LogP contribution in [0.3, 0.4) is 0 Å².